The van der Waals surface area contributed by atoms with E-state index < -0.39 is 0 Å². The normalized spacial score (nSPS) is 11.8. The molecule has 1 aromatic rings. The van der Waals surface area contributed by atoms with E-state index in [4.69, 9.17) is 14.7 Å². The molecule has 21 heavy (non-hydrogen) atoms. The standard InChI is InChI=1S/C16H22N2O3/c1-12(2)10-14(16(19)20-3)18-11-13-6-4-5-7-15(13)21-9-8-17/h4-7,12,14,18H,9-11H2,1-3H3. The third kappa shape index (κ3) is 5.84. The average molecular weight is 290 g/mol. The Bertz CT molecular complexity index is 495. The van der Waals surface area contributed by atoms with Crippen molar-refractivity contribution in [2.45, 2.75) is 32.9 Å². The monoisotopic (exact) mass is 290 g/mol. The molecule has 1 unspecified atom stereocenters. The molecule has 0 aliphatic heterocycles. The molecule has 5 heteroatoms. The maximum absolute atomic E-state index is 11.8. The summed E-state index contributed by atoms with van der Waals surface area (Å²) in [4.78, 5) is 11.8. The predicted octanol–water partition coefficient (Wildman–Crippen LogP) is 2.27. The first-order valence-electron chi connectivity index (χ1n) is 6.97. The van der Waals surface area contributed by atoms with E-state index in [0.29, 0.717) is 24.6 Å². The van der Waals surface area contributed by atoms with Gasteiger partial charge in [-0.1, -0.05) is 32.0 Å². The van der Waals surface area contributed by atoms with E-state index in [1.54, 1.807) is 0 Å². The van der Waals surface area contributed by atoms with Gasteiger partial charge in [-0.2, -0.15) is 5.26 Å². The number of benzene rings is 1. The molecule has 1 rings (SSSR count). The summed E-state index contributed by atoms with van der Waals surface area (Å²) >= 11 is 0. The van der Waals surface area contributed by atoms with Crippen molar-refractivity contribution in [1.82, 2.24) is 5.32 Å². The second-order valence-electron chi connectivity index (χ2n) is 5.14. The first-order valence-corrected chi connectivity index (χ1v) is 6.97. The number of carbonyl (C=O) groups excluding carboxylic acids is 1. The van der Waals surface area contributed by atoms with E-state index in [-0.39, 0.29) is 18.6 Å². The fourth-order valence-corrected chi connectivity index (χ4v) is 2.01. The summed E-state index contributed by atoms with van der Waals surface area (Å²) in [6.45, 7) is 4.60. The highest BCUT2D eigenvalue weighted by atomic mass is 16.5. The molecule has 0 spiro atoms. The van der Waals surface area contributed by atoms with Crippen molar-refractivity contribution in [2.24, 2.45) is 5.92 Å². The second kappa shape index (κ2) is 8.98. The number of rotatable bonds is 8. The molecule has 1 aromatic carbocycles. The SMILES string of the molecule is COC(=O)C(CC(C)C)NCc1ccccc1OCC#N. The van der Waals surface area contributed by atoms with Crippen LogP contribution in [0.2, 0.25) is 0 Å². The van der Waals surface area contributed by atoms with E-state index in [9.17, 15) is 4.79 Å². The highest BCUT2D eigenvalue weighted by Crippen LogP contribution is 2.18. The zero-order chi connectivity index (χ0) is 15.7. The Morgan fingerprint density at radius 2 is 2.10 bits per heavy atom. The Balaban J connectivity index is 2.71. The molecule has 114 valence electrons. The molecule has 0 fully saturated rings. The van der Waals surface area contributed by atoms with Crippen LogP contribution in [0.5, 0.6) is 5.75 Å². The lowest BCUT2D eigenvalue weighted by Gasteiger charge is -2.19. The number of para-hydroxylation sites is 1. The molecule has 5 nitrogen and oxygen atoms in total. The molecule has 0 saturated heterocycles. The number of hydrogen-bond donors (Lipinski definition) is 1. The quantitative estimate of drug-likeness (QED) is 0.744. The number of nitrogens with zero attached hydrogens (tertiary/aromatic N) is 1. The van der Waals surface area contributed by atoms with E-state index in [0.717, 1.165) is 5.56 Å². The topological polar surface area (TPSA) is 71.3 Å². The number of nitrogens with one attached hydrogen (secondary N) is 1. The van der Waals surface area contributed by atoms with Gasteiger partial charge >= 0.3 is 5.97 Å². The molecule has 1 N–H and O–H groups in total. The van der Waals surface area contributed by atoms with E-state index >= 15 is 0 Å². The van der Waals surface area contributed by atoms with Crippen molar-refractivity contribution < 1.29 is 14.3 Å². The number of nitriles is 1. The van der Waals surface area contributed by atoms with Gasteiger partial charge < -0.3 is 14.8 Å². The number of ether oxygens (including phenoxy) is 2. The van der Waals surface area contributed by atoms with Crippen LogP contribution in [-0.2, 0) is 16.1 Å². The molecule has 0 bridgehead atoms. The summed E-state index contributed by atoms with van der Waals surface area (Å²) in [6.07, 6.45) is 0.702. The molecule has 0 radical (unpaired) electrons. The van der Waals surface area contributed by atoms with Gasteiger partial charge in [-0.25, -0.2) is 0 Å². The van der Waals surface area contributed by atoms with Crippen LogP contribution >= 0.6 is 0 Å². The number of carbonyl (C=O) groups is 1. The lowest BCUT2D eigenvalue weighted by molar-refractivity contribution is -0.143. The summed E-state index contributed by atoms with van der Waals surface area (Å²) in [7, 11) is 1.39. The smallest absolute Gasteiger partial charge is 0.322 e. The summed E-state index contributed by atoms with van der Waals surface area (Å²) < 4.78 is 10.2. The van der Waals surface area contributed by atoms with Crippen LogP contribution in [0.3, 0.4) is 0 Å². The Morgan fingerprint density at radius 1 is 1.38 bits per heavy atom. The molecule has 0 heterocycles. The Kier molecular flexibility index (Phi) is 7.27. The second-order valence-corrected chi connectivity index (χ2v) is 5.14. The van der Waals surface area contributed by atoms with E-state index in [1.165, 1.54) is 7.11 Å². The van der Waals surface area contributed by atoms with Crippen molar-refractivity contribution in [3.63, 3.8) is 0 Å². The third-order valence-corrected chi connectivity index (χ3v) is 3.00. The molecular weight excluding hydrogens is 268 g/mol. The summed E-state index contributed by atoms with van der Waals surface area (Å²) in [5.41, 5.74) is 0.908. The molecule has 0 aliphatic carbocycles. The molecule has 0 aliphatic rings. The van der Waals surface area contributed by atoms with Gasteiger partial charge in [0, 0.05) is 12.1 Å². The Hall–Kier alpha value is -2.06. The largest absolute Gasteiger partial charge is 0.478 e. The molecular formula is C16H22N2O3. The van der Waals surface area contributed by atoms with Gasteiger partial charge in [0.25, 0.3) is 0 Å². The fourth-order valence-electron chi connectivity index (χ4n) is 2.01. The molecule has 0 saturated carbocycles. The fraction of sp³-hybridized carbons (Fsp3) is 0.500. The molecule has 1 atom stereocenters. The van der Waals surface area contributed by atoms with Gasteiger partial charge in [0.2, 0.25) is 0 Å². The van der Waals surface area contributed by atoms with Crippen molar-refractivity contribution in [2.75, 3.05) is 13.7 Å². The zero-order valence-electron chi connectivity index (χ0n) is 12.8. The summed E-state index contributed by atoms with van der Waals surface area (Å²) in [5, 5.41) is 11.8. The highest BCUT2D eigenvalue weighted by Gasteiger charge is 2.20. The zero-order valence-corrected chi connectivity index (χ0v) is 12.8. The number of esters is 1. The van der Waals surface area contributed by atoms with Crippen molar-refractivity contribution in [3.8, 4) is 11.8 Å². The third-order valence-electron chi connectivity index (χ3n) is 3.00. The van der Waals surface area contributed by atoms with Crippen LogP contribution in [0.15, 0.2) is 24.3 Å². The van der Waals surface area contributed by atoms with Gasteiger partial charge in [-0.15, -0.1) is 0 Å². The minimum absolute atomic E-state index is 0.00341. The Morgan fingerprint density at radius 3 is 2.71 bits per heavy atom. The van der Waals surface area contributed by atoms with Crippen LogP contribution in [0, 0.1) is 17.2 Å². The summed E-state index contributed by atoms with van der Waals surface area (Å²) in [5.74, 6) is 0.769. The number of hydrogen-bond acceptors (Lipinski definition) is 5. The first-order chi connectivity index (χ1) is 10.1. The van der Waals surface area contributed by atoms with Crippen LogP contribution in [0.4, 0.5) is 0 Å². The van der Waals surface area contributed by atoms with Gasteiger partial charge in [0.05, 0.1) is 7.11 Å². The van der Waals surface area contributed by atoms with Crippen LogP contribution in [0.1, 0.15) is 25.8 Å². The lowest BCUT2D eigenvalue weighted by atomic mass is 10.0. The van der Waals surface area contributed by atoms with Gasteiger partial charge in [0.15, 0.2) is 6.61 Å². The van der Waals surface area contributed by atoms with Crippen LogP contribution in [-0.4, -0.2) is 25.7 Å². The maximum atomic E-state index is 11.8. The minimum Gasteiger partial charge on any atom is -0.478 e. The Labute approximate surface area is 125 Å². The number of methoxy groups -OCH3 is 1. The first kappa shape index (κ1) is 17.0. The van der Waals surface area contributed by atoms with Crippen LogP contribution in [0.25, 0.3) is 0 Å². The van der Waals surface area contributed by atoms with Crippen molar-refractivity contribution >= 4 is 5.97 Å². The van der Waals surface area contributed by atoms with Gasteiger partial charge in [-0.05, 0) is 18.4 Å². The highest BCUT2D eigenvalue weighted by molar-refractivity contribution is 5.75. The van der Waals surface area contributed by atoms with Crippen LogP contribution < -0.4 is 10.1 Å². The van der Waals surface area contributed by atoms with Crippen molar-refractivity contribution in [1.29, 1.82) is 5.26 Å². The van der Waals surface area contributed by atoms with E-state index in [2.05, 4.69) is 19.2 Å². The van der Waals surface area contributed by atoms with E-state index in [1.807, 2.05) is 30.3 Å². The average Bonchev–Trinajstić information content (AvgIpc) is 2.49. The lowest BCUT2D eigenvalue weighted by Crippen LogP contribution is -2.38. The summed E-state index contributed by atoms with van der Waals surface area (Å²) in [6, 6.07) is 9.06. The molecule has 0 aromatic heterocycles. The minimum atomic E-state index is -0.348. The van der Waals surface area contributed by atoms with Gasteiger partial charge in [-0.3, -0.25) is 4.79 Å². The maximum Gasteiger partial charge on any atom is 0.322 e. The van der Waals surface area contributed by atoms with Crippen molar-refractivity contribution in [3.05, 3.63) is 29.8 Å². The van der Waals surface area contributed by atoms with Gasteiger partial charge in [0.1, 0.15) is 17.9 Å². The molecule has 0 amide bonds. The predicted molar refractivity (Wildman–Crippen MR) is 79.6 cm³/mol.